The Kier molecular flexibility index (Phi) is 4.56. The molecule has 0 radical (unpaired) electrons. The van der Waals surface area contributed by atoms with Gasteiger partial charge in [0, 0.05) is 5.92 Å². The highest BCUT2D eigenvalue weighted by Crippen LogP contribution is 2.51. The summed E-state index contributed by atoms with van der Waals surface area (Å²) < 4.78 is 9.90. The van der Waals surface area contributed by atoms with Crippen LogP contribution in [-0.2, 0) is 19.1 Å². The van der Waals surface area contributed by atoms with Gasteiger partial charge in [0.2, 0.25) is 0 Å². The highest BCUT2D eigenvalue weighted by molar-refractivity contribution is 6.01. The third kappa shape index (κ3) is 2.66. The lowest BCUT2D eigenvalue weighted by molar-refractivity contribution is -0.168. The van der Waals surface area contributed by atoms with Crippen molar-refractivity contribution in [3.05, 3.63) is 53.6 Å². The summed E-state index contributed by atoms with van der Waals surface area (Å²) in [5, 5.41) is 0. The lowest BCUT2D eigenvalue weighted by Crippen LogP contribution is -2.39. The lowest BCUT2D eigenvalue weighted by atomic mass is 9.84. The molecule has 0 heterocycles. The standard InChI is InChI=1S/C20H22O4/c1-23-18(21)20(19(22)24-2)12-15-10-6-7-11-16(17(15)13-20)14-8-4-3-5-9-14/h3-6,8-10,15H,7,11-13H2,1-2H3. The van der Waals surface area contributed by atoms with E-state index in [9.17, 15) is 9.59 Å². The summed E-state index contributed by atoms with van der Waals surface area (Å²) in [6, 6.07) is 10.2. The zero-order chi connectivity index (χ0) is 17.2. The fourth-order valence-corrected chi connectivity index (χ4v) is 3.94. The minimum absolute atomic E-state index is 0.0703. The second-order valence-corrected chi connectivity index (χ2v) is 6.39. The molecule has 2 aliphatic carbocycles. The van der Waals surface area contributed by atoms with E-state index in [2.05, 4.69) is 24.3 Å². The van der Waals surface area contributed by atoms with E-state index in [0.29, 0.717) is 12.8 Å². The molecule has 1 aromatic rings. The number of hydrogen-bond acceptors (Lipinski definition) is 4. The van der Waals surface area contributed by atoms with Crippen LogP contribution < -0.4 is 0 Å². The fourth-order valence-electron chi connectivity index (χ4n) is 3.94. The molecule has 1 atom stereocenters. The molecule has 0 amide bonds. The Morgan fingerprint density at radius 3 is 2.38 bits per heavy atom. The number of hydrogen-bond donors (Lipinski definition) is 0. The average molecular weight is 326 g/mol. The second kappa shape index (κ2) is 6.63. The molecule has 0 aliphatic heterocycles. The van der Waals surface area contributed by atoms with Gasteiger partial charge in [0.1, 0.15) is 0 Å². The number of carbonyl (C=O) groups excluding carboxylic acids is 2. The number of carbonyl (C=O) groups is 2. The van der Waals surface area contributed by atoms with Gasteiger partial charge in [-0.3, -0.25) is 9.59 Å². The van der Waals surface area contributed by atoms with E-state index in [-0.39, 0.29) is 5.92 Å². The highest BCUT2D eigenvalue weighted by Gasteiger charge is 2.55. The van der Waals surface area contributed by atoms with Gasteiger partial charge in [-0.05, 0) is 36.8 Å². The van der Waals surface area contributed by atoms with Crippen LogP contribution in [0.3, 0.4) is 0 Å². The number of rotatable bonds is 3. The predicted octanol–water partition coefficient (Wildman–Crippen LogP) is 3.53. The quantitative estimate of drug-likeness (QED) is 0.484. The van der Waals surface area contributed by atoms with Crippen LogP contribution >= 0.6 is 0 Å². The molecule has 0 saturated heterocycles. The maximum Gasteiger partial charge on any atom is 0.323 e. The van der Waals surface area contributed by atoms with Crippen molar-refractivity contribution in [1.82, 2.24) is 0 Å². The van der Waals surface area contributed by atoms with Gasteiger partial charge >= 0.3 is 11.9 Å². The molecule has 1 aromatic carbocycles. The fraction of sp³-hybridized carbons (Fsp3) is 0.400. The van der Waals surface area contributed by atoms with Gasteiger partial charge in [-0.25, -0.2) is 0 Å². The minimum atomic E-state index is -1.23. The van der Waals surface area contributed by atoms with E-state index < -0.39 is 17.4 Å². The van der Waals surface area contributed by atoms with Crippen LogP contribution in [0.25, 0.3) is 5.57 Å². The summed E-state index contributed by atoms with van der Waals surface area (Å²) in [6.07, 6.45) is 6.92. The van der Waals surface area contributed by atoms with Gasteiger partial charge in [0.25, 0.3) is 0 Å². The van der Waals surface area contributed by atoms with E-state index in [1.165, 1.54) is 19.8 Å². The first-order valence-electron chi connectivity index (χ1n) is 8.23. The van der Waals surface area contributed by atoms with Gasteiger partial charge in [-0.1, -0.05) is 48.1 Å². The summed E-state index contributed by atoms with van der Waals surface area (Å²) in [5.74, 6) is -0.938. The number of fused-ring (bicyclic) bond motifs is 1. The first-order valence-corrected chi connectivity index (χ1v) is 8.23. The van der Waals surface area contributed by atoms with Crippen LogP contribution in [0, 0.1) is 11.3 Å². The van der Waals surface area contributed by atoms with E-state index >= 15 is 0 Å². The first kappa shape index (κ1) is 16.5. The summed E-state index contributed by atoms with van der Waals surface area (Å²) in [6.45, 7) is 0. The molecule has 0 bridgehead atoms. The molecule has 0 spiro atoms. The van der Waals surface area contributed by atoms with Crippen molar-refractivity contribution in [2.75, 3.05) is 14.2 Å². The van der Waals surface area contributed by atoms with Crippen molar-refractivity contribution in [3.8, 4) is 0 Å². The Morgan fingerprint density at radius 2 is 1.75 bits per heavy atom. The largest absolute Gasteiger partial charge is 0.468 e. The van der Waals surface area contributed by atoms with Crippen molar-refractivity contribution < 1.29 is 19.1 Å². The van der Waals surface area contributed by atoms with Gasteiger partial charge in [-0.15, -0.1) is 0 Å². The molecule has 1 fully saturated rings. The predicted molar refractivity (Wildman–Crippen MR) is 90.9 cm³/mol. The maximum absolute atomic E-state index is 12.4. The number of ether oxygens (including phenoxy) is 2. The molecule has 2 aliphatic rings. The second-order valence-electron chi connectivity index (χ2n) is 6.39. The van der Waals surface area contributed by atoms with Crippen molar-refractivity contribution >= 4 is 17.5 Å². The Bertz CT molecular complexity index is 684. The molecular formula is C20H22O4. The summed E-state index contributed by atoms with van der Waals surface area (Å²) in [5.41, 5.74) is 2.32. The molecule has 0 N–H and O–H groups in total. The summed E-state index contributed by atoms with van der Waals surface area (Å²) in [4.78, 5) is 24.9. The molecule has 24 heavy (non-hydrogen) atoms. The third-order valence-corrected chi connectivity index (χ3v) is 5.10. The molecule has 4 heteroatoms. The average Bonchev–Trinajstić information content (AvgIpc) is 2.91. The number of allylic oxidation sites excluding steroid dienone is 4. The minimum Gasteiger partial charge on any atom is -0.468 e. The third-order valence-electron chi connectivity index (χ3n) is 5.10. The Morgan fingerprint density at radius 1 is 1.08 bits per heavy atom. The van der Waals surface area contributed by atoms with Crippen molar-refractivity contribution in [2.24, 2.45) is 11.3 Å². The van der Waals surface area contributed by atoms with Crippen molar-refractivity contribution in [3.63, 3.8) is 0 Å². The lowest BCUT2D eigenvalue weighted by Gasteiger charge is -2.22. The molecule has 1 saturated carbocycles. The van der Waals surface area contributed by atoms with Crippen LogP contribution in [0.5, 0.6) is 0 Å². The van der Waals surface area contributed by atoms with Crippen LogP contribution in [0.15, 0.2) is 48.1 Å². The van der Waals surface area contributed by atoms with E-state index in [1.54, 1.807) is 0 Å². The van der Waals surface area contributed by atoms with Gasteiger partial charge in [0.15, 0.2) is 5.41 Å². The Balaban J connectivity index is 2.10. The monoisotopic (exact) mass is 326 g/mol. The van der Waals surface area contributed by atoms with E-state index in [1.807, 2.05) is 18.2 Å². The Hall–Kier alpha value is -2.36. The molecule has 0 aromatic heterocycles. The summed E-state index contributed by atoms with van der Waals surface area (Å²) >= 11 is 0. The van der Waals surface area contributed by atoms with Crippen LogP contribution in [-0.4, -0.2) is 26.2 Å². The van der Waals surface area contributed by atoms with Gasteiger partial charge in [0.05, 0.1) is 14.2 Å². The van der Waals surface area contributed by atoms with Crippen molar-refractivity contribution in [2.45, 2.75) is 25.7 Å². The molecule has 3 rings (SSSR count). The molecule has 126 valence electrons. The smallest absolute Gasteiger partial charge is 0.323 e. The number of benzene rings is 1. The number of esters is 2. The number of methoxy groups -OCH3 is 2. The Labute approximate surface area is 142 Å². The molecular weight excluding hydrogens is 304 g/mol. The SMILES string of the molecule is COC(=O)C1(C(=O)OC)CC2=C(c3ccccc3)CCC=CC2C1. The zero-order valence-corrected chi connectivity index (χ0v) is 14.1. The van der Waals surface area contributed by atoms with E-state index in [0.717, 1.165) is 24.0 Å². The maximum atomic E-state index is 12.4. The van der Waals surface area contributed by atoms with Crippen LogP contribution in [0.2, 0.25) is 0 Å². The van der Waals surface area contributed by atoms with Crippen LogP contribution in [0.1, 0.15) is 31.2 Å². The normalized spacial score (nSPS) is 21.8. The van der Waals surface area contributed by atoms with Gasteiger partial charge in [-0.2, -0.15) is 0 Å². The highest BCUT2D eigenvalue weighted by atomic mass is 16.5. The van der Waals surface area contributed by atoms with Crippen LogP contribution in [0.4, 0.5) is 0 Å². The van der Waals surface area contributed by atoms with Crippen molar-refractivity contribution in [1.29, 1.82) is 0 Å². The summed E-state index contributed by atoms with van der Waals surface area (Å²) in [7, 11) is 2.65. The zero-order valence-electron chi connectivity index (χ0n) is 14.1. The molecule has 4 nitrogen and oxygen atoms in total. The first-order chi connectivity index (χ1) is 11.6. The topological polar surface area (TPSA) is 52.6 Å². The van der Waals surface area contributed by atoms with E-state index in [4.69, 9.17) is 9.47 Å². The molecule has 1 unspecified atom stereocenters. The van der Waals surface area contributed by atoms with Gasteiger partial charge < -0.3 is 9.47 Å².